The van der Waals surface area contributed by atoms with Crippen molar-refractivity contribution in [3.63, 3.8) is 0 Å². The van der Waals surface area contributed by atoms with Gasteiger partial charge in [0.05, 0.1) is 12.2 Å². The molecule has 2 aliphatic carbocycles. The molecule has 0 saturated heterocycles. The lowest BCUT2D eigenvalue weighted by Crippen LogP contribution is -2.43. The largest absolute Gasteiger partial charge is 0.472 e. The lowest BCUT2D eigenvalue weighted by Gasteiger charge is -2.49. The molecule has 0 spiro atoms. The monoisotopic (exact) mass is 318 g/mol. The first kappa shape index (κ1) is 17.5. The summed E-state index contributed by atoms with van der Waals surface area (Å²) in [7, 11) is -3.89. The first-order valence-corrected chi connectivity index (χ1v) is 10.0. The van der Waals surface area contributed by atoms with Crippen LogP contribution in [0, 0.1) is 10.8 Å². The summed E-state index contributed by atoms with van der Waals surface area (Å²) >= 11 is 0. The third-order valence-electron chi connectivity index (χ3n) is 6.21. The number of hydrogen-bond donors (Lipinski definition) is 1. The third kappa shape index (κ3) is 3.72. The molecule has 2 saturated carbocycles. The van der Waals surface area contributed by atoms with Crippen LogP contribution in [0.4, 0.5) is 0 Å². The molecule has 4 nitrogen and oxygen atoms in total. The Hall–Kier alpha value is 0.110. The van der Waals surface area contributed by atoms with Gasteiger partial charge in [0.15, 0.2) is 0 Å². The SMILES string of the molecule is CCC1(CC)CC(OP(=O)(O)OC2CC(CC)(CC)C2)C1. The number of hydrogen-bond acceptors (Lipinski definition) is 3. The predicted octanol–water partition coefficient (Wildman–Crippen LogP) is 5.06. The highest BCUT2D eigenvalue weighted by Gasteiger charge is 2.48. The Morgan fingerprint density at radius 3 is 1.38 bits per heavy atom. The molecule has 0 aromatic carbocycles. The van der Waals surface area contributed by atoms with E-state index in [0.29, 0.717) is 10.8 Å². The first-order valence-electron chi connectivity index (χ1n) is 8.51. The summed E-state index contributed by atoms with van der Waals surface area (Å²) in [4.78, 5) is 9.93. The van der Waals surface area contributed by atoms with Crippen LogP contribution in [-0.2, 0) is 13.6 Å². The van der Waals surface area contributed by atoms with Gasteiger partial charge in [0.25, 0.3) is 0 Å². The Bertz CT molecular complexity index is 351. The Labute approximate surface area is 129 Å². The third-order valence-corrected chi connectivity index (χ3v) is 7.34. The van der Waals surface area contributed by atoms with Gasteiger partial charge in [-0.1, -0.05) is 53.4 Å². The molecule has 21 heavy (non-hydrogen) atoms. The van der Waals surface area contributed by atoms with Gasteiger partial charge in [0, 0.05) is 0 Å². The summed E-state index contributed by atoms with van der Waals surface area (Å²) in [6.45, 7) is 8.72. The maximum atomic E-state index is 12.1. The van der Waals surface area contributed by atoms with Crippen LogP contribution in [0.25, 0.3) is 0 Å². The van der Waals surface area contributed by atoms with Gasteiger partial charge in [-0.15, -0.1) is 0 Å². The lowest BCUT2D eigenvalue weighted by atomic mass is 9.64. The van der Waals surface area contributed by atoms with Crippen LogP contribution in [0.2, 0.25) is 0 Å². The van der Waals surface area contributed by atoms with E-state index in [9.17, 15) is 9.46 Å². The van der Waals surface area contributed by atoms with Crippen molar-refractivity contribution in [3.05, 3.63) is 0 Å². The molecule has 0 unspecified atom stereocenters. The zero-order valence-electron chi connectivity index (χ0n) is 13.9. The van der Waals surface area contributed by atoms with E-state index in [1.54, 1.807) is 0 Å². The summed E-state index contributed by atoms with van der Waals surface area (Å²) in [6.07, 6.45) is 7.75. The molecular formula is C16H31O4P. The number of phosphoric ester groups is 1. The van der Waals surface area contributed by atoms with E-state index in [1.807, 2.05) is 0 Å². The van der Waals surface area contributed by atoms with Gasteiger partial charge in [-0.05, 0) is 36.5 Å². The Balaban J connectivity index is 1.76. The molecule has 0 amide bonds. The molecule has 0 aliphatic heterocycles. The van der Waals surface area contributed by atoms with Crippen molar-refractivity contribution in [2.75, 3.05) is 0 Å². The number of rotatable bonds is 8. The summed E-state index contributed by atoms with van der Waals surface area (Å²) < 4.78 is 22.8. The highest BCUT2D eigenvalue weighted by molar-refractivity contribution is 7.47. The zero-order valence-corrected chi connectivity index (χ0v) is 14.8. The fraction of sp³-hybridized carbons (Fsp3) is 1.00. The second-order valence-electron chi connectivity index (χ2n) is 7.15. The van der Waals surface area contributed by atoms with Gasteiger partial charge in [0.2, 0.25) is 0 Å². The molecule has 0 radical (unpaired) electrons. The van der Waals surface area contributed by atoms with Crippen LogP contribution in [0.15, 0.2) is 0 Å². The second-order valence-corrected chi connectivity index (χ2v) is 8.51. The Kier molecular flexibility index (Phi) is 5.25. The minimum atomic E-state index is -3.89. The molecule has 2 aliphatic rings. The summed E-state index contributed by atoms with van der Waals surface area (Å²) in [5.74, 6) is 0. The lowest BCUT2D eigenvalue weighted by molar-refractivity contribution is -0.0712. The molecule has 0 atom stereocenters. The second kappa shape index (κ2) is 6.31. The van der Waals surface area contributed by atoms with E-state index in [1.165, 1.54) is 0 Å². The molecule has 2 rings (SSSR count). The molecule has 0 aromatic heterocycles. The molecule has 124 valence electrons. The van der Waals surface area contributed by atoms with Gasteiger partial charge < -0.3 is 4.89 Å². The van der Waals surface area contributed by atoms with E-state index in [2.05, 4.69) is 27.7 Å². The van der Waals surface area contributed by atoms with Crippen molar-refractivity contribution >= 4 is 7.82 Å². The molecule has 5 heteroatoms. The maximum Gasteiger partial charge on any atom is 0.472 e. The summed E-state index contributed by atoms with van der Waals surface area (Å²) in [5.41, 5.74) is 0.640. The molecule has 0 bridgehead atoms. The zero-order chi connectivity index (χ0) is 15.7. The standard InChI is InChI=1S/C16H31O4P/c1-5-15(6-2)9-13(10-15)19-21(17,18)20-14-11-16(7-3,8-4)12-14/h13-14H,5-12H2,1-4H3,(H,17,18). The summed E-state index contributed by atoms with van der Waals surface area (Å²) in [6, 6.07) is 0. The predicted molar refractivity (Wildman–Crippen MR) is 84.1 cm³/mol. The van der Waals surface area contributed by atoms with E-state index < -0.39 is 7.82 Å². The minimum Gasteiger partial charge on any atom is -0.302 e. The van der Waals surface area contributed by atoms with Crippen molar-refractivity contribution in [1.29, 1.82) is 0 Å². The van der Waals surface area contributed by atoms with Crippen LogP contribution in [0.3, 0.4) is 0 Å². The van der Waals surface area contributed by atoms with Crippen molar-refractivity contribution in [1.82, 2.24) is 0 Å². The highest BCUT2D eigenvalue weighted by atomic mass is 31.2. The normalized spacial score (nSPS) is 25.4. The van der Waals surface area contributed by atoms with Gasteiger partial charge >= 0.3 is 7.82 Å². The molecular weight excluding hydrogens is 287 g/mol. The van der Waals surface area contributed by atoms with Crippen molar-refractivity contribution in [2.45, 2.75) is 91.3 Å². The van der Waals surface area contributed by atoms with E-state index in [4.69, 9.17) is 9.05 Å². The van der Waals surface area contributed by atoms with E-state index in [-0.39, 0.29) is 12.2 Å². The van der Waals surface area contributed by atoms with Crippen molar-refractivity contribution < 1.29 is 18.5 Å². The van der Waals surface area contributed by atoms with Crippen LogP contribution in [-0.4, -0.2) is 17.1 Å². The summed E-state index contributed by atoms with van der Waals surface area (Å²) in [5, 5.41) is 0. The van der Waals surface area contributed by atoms with Crippen molar-refractivity contribution in [2.24, 2.45) is 10.8 Å². The van der Waals surface area contributed by atoms with Crippen molar-refractivity contribution in [3.8, 4) is 0 Å². The van der Waals surface area contributed by atoms with E-state index >= 15 is 0 Å². The molecule has 0 aromatic rings. The van der Waals surface area contributed by atoms with Gasteiger partial charge in [-0.2, -0.15) is 0 Å². The fourth-order valence-electron chi connectivity index (χ4n) is 4.02. The Morgan fingerprint density at radius 2 is 1.14 bits per heavy atom. The van der Waals surface area contributed by atoms with Crippen LogP contribution < -0.4 is 0 Å². The highest BCUT2D eigenvalue weighted by Crippen LogP contribution is 2.59. The quantitative estimate of drug-likeness (QED) is 0.636. The maximum absolute atomic E-state index is 12.1. The molecule has 0 heterocycles. The minimum absolute atomic E-state index is 0.108. The molecule has 1 N–H and O–H groups in total. The average Bonchev–Trinajstić information content (AvgIpc) is 2.37. The van der Waals surface area contributed by atoms with Gasteiger partial charge in [-0.3, -0.25) is 9.05 Å². The van der Waals surface area contributed by atoms with Crippen LogP contribution in [0.1, 0.15) is 79.1 Å². The van der Waals surface area contributed by atoms with Crippen LogP contribution >= 0.6 is 7.82 Å². The smallest absolute Gasteiger partial charge is 0.302 e. The van der Waals surface area contributed by atoms with Crippen LogP contribution in [0.5, 0.6) is 0 Å². The average molecular weight is 318 g/mol. The van der Waals surface area contributed by atoms with Gasteiger partial charge in [0.1, 0.15) is 0 Å². The first-order chi connectivity index (χ1) is 9.81. The topological polar surface area (TPSA) is 55.8 Å². The van der Waals surface area contributed by atoms with E-state index in [0.717, 1.165) is 51.4 Å². The fourth-order valence-corrected chi connectivity index (χ4v) is 5.12. The molecule has 2 fully saturated rings. The number of phosphoric acid groups is 1. The Morgan fingerprint density at radius 1 is 0.857 bits per heavy atom. The van der Waals surface area contributed by atoms with Gasteiger partial charge in [-0.25, -0.2) is 4.57 Å².